The molecule has 1 saturated heterocycles. The first kappa shape index (κ1) is 16.8. The summed E-state index contributed by atoms with van der Waals surface area (Å²) < 4.78 is 11.0. The Morgan fingerprint density at radius 1 is 1.32 bits per heavy atom. The molecular weight excluding hydrogens is 278 g/mol. The molecule has 0 spiro atoms. The highest BCUT2D eigenvalue weighted by Crippen LogP contribution is 2.19. The molecule has 0 aromatic heterocycles. The van der Waals surface area contributed by atoms with Crippen LogP contribution in [0.5, 0.6) is 5.75 Å². The van der Waals surface area contributed by atoms with Crippen molar-refractivity contribution < 1.29 is 14.3 Å². The molecule has 4 nitrogen and oxygen atoms in total. The van der Waals surface area contributed by atoms with Crippen LogP contribution in [0.3, 0.4) is 0 Å². The Kier molecular flexibility index (Phi) is 7.23. The molecule has 1 aromatic carbocycles. The number of benzene rings is 1. The summed E-state index contributed by atoms with van der Waals surface area (Å²) in [6, 6.07) is 7.86. The van der Waals surface area contributed by atoms with Crippen LogP contribution in [0.25, 0.3) is 0 Å². The minimum Gasteiger partial charge on any atom is -0.483 e. The zero-order valence-corrected chi connectivity index (χ0v) is 13.5. The van der Waals surface area contributed by atoms with E-state index in [2.05, 4.69) is 12.2 Å². The molecule has 22 heavy (non-hydrogen) atoms. The largest absolute Gasteiger partial charge is 0.483 e. The van der Waals surface area contributed by atoms with Gasteiger partial charge < -0.3 is 14.8 Å². The smallest absolute Gasteiger partial charge is 0.257 e. The predicted molar refractivity (Wildman–Crippen MR) is 87.1 cm³/mol. The Balaban J connectivity index is 1.59. The molecular formula is C18H27NO3. The fourth-order valence-electron chi connectivity index (χ4n) is 2.78. The van der Waals surface area contributed by atoms with Gasteiger partial charge in [-0.05, 0) is 49.7 Å². The highest BCUT2D eigenvalue weighted by atomic mass is 16.5. The number of aryl methyl sites for hydroxylation is 1. The van der Waals surface area contributed by atoms with Gasteiger partial charge in [0, 0.05) is 19.8 Å². The van der Waals surface area contributed by atoms with Crippen LogP contribution in [0.2, 0.25) is 0 Å². The van der Waals surface area contributed by atoms with Crippen molar-refractivity contribution in [2.75, 3.05) is 26.4 Å². The summed E-state index contributed by atoms with van der Waals surface area (Å²) >= 11 is 0. The van der Waals surface area contributed by atoms with E-state index in [1.807, 2.05) is 24.3 Å². The van der Waals surface area contributed by atoms with Crippen LogP contribution in [0.4, 0.5) is 0 Å². The average molecular weight is 305 g/mol. The van der Waals surface area contributed by atoms with Gasteiger partial charge in [-0.3, -0.25) is 4.79 Å². The normalized spacial score (nSPS) is 15.5. The molecule has 1 N–H and O–H groups in total. The molecule has 122 valence electrons. The molecule has 1 heterocycles. The maximum absolute atomic E-state index is 11.8. The first-order valence-corrected chi connectivity index (χ1v) is 8.34. The number of carbonyl (C=O) groups is 1. The molecule has 0 atom stereocenters. The van der Waals surface area contributed by atoms with Crippen LogP contribution < -0.4 is 10.1 Å². The topological polar surface area (TPSA) is 47.6 Å². The molecule has 1 aliphatic heterocycles. The highest BCUT2D eigenvalue weighted by molar-refractivity contribution is 5.77. The van der Waals surface area contributed by atoms with E-state index in [0.717, 1.165) is 62.7 Å². The van der Waals surface area contributed by atoms with E-state index < -0.39 is 0 Å². The second kappa shape index (κ2) is 9.46. The maximum Gasteiger partial charge on any atom is 0.257 e. The predicted octanol–water partition coefficient (Wildman–Crippen LogP) is 2.95. The molecule has 0 aliphatic carbocycles. The van der Waals surface area contributed by atoms with Crippen LogP contribution in [0, 0.1) is 5.92 Å². The van der Waals surface area contributed by atoms with Crippen LogP contribution in [0.15, 0.2) is 24.3 Å². The first-order chi connectivity index (χ1) is 10.8. The van der Waals surface area contributed by atoms with Gasteiger partial charge in [-0.15, -0.1) is 0 Å². The third-order valence-corrected chi connectivity index (χ3v) is 4.16. The summed E-state index contributed by atoms with van der Waals surface area (Å²) in [6.07, 6.45) is 5.42. The molecule has 0 saturated carbocycles. The fraction of sp³-hybridized carbons (Fsp3) is 0.611. The Hall–Kier alpha value is -1.55. The Labute approximate surface area is 133 Å². The summed E-state index contributed by atoms with van der Waals surface area (Å²) in [5.74, 6) is 1.53. The van der Waals surface area contributed by atoms with E-state index >= 15 is 0 Å². The van der Waals surface area contributed by atoms with Crippen LogP contribution in [-0.4, -0.2) is 32.3 Å². The number of carbonyl (C=O) groups excluding carboxylic acids is 1. The number of hydrogen-bond donors (Lipinski definition) is 1. The molecule has 4 heteroatoms. The first-order valence-electron chi connectivity index (χ1n) is 8.34. The second-order valence-electron chi connectivity index (χ2n) is 5.80. The quantitative estimate of drug-likeness (QED) is 0.751. The van der Waals surface area contributed by atoms with E-state index in [1.165, 1.54) is 6.42 Å². The zero-order chi connectivity index (χ0) is 15.6. The van der Waals surface area contributed by atoms with Gasteiger partial charge in [0.15, 0.2) is 6.61 Å². The van der Waals surface area contributed by atoms with Gasteiger partial charge in [0.1, 0.15) is 5.75 Å². The number of nitrogens with one attached hydrogen (secondary N) is 1. The molecule has 1 amide bonds. The monoisotopic (exact) mass is 305 g/mol. The van der Waals surface area contributed by atoms with Gasteiger partial charge in [-0.25, -0.2) is 0 Å². The lowest BCUT2D eigenvalue weighted by atomic mass is 9.95. The zero-order valence-electron chi connectivity index (χ0n) is 13.5. The third-order valence-electron chi connectivity index (χ3n) is 4.16. The van der Waals surface area contributed by atoms with Gasteiger partial charge in [0.25, 0.3) is 5.91 Å². The second-order valence-corrected chi connectivity index (χ2v) is 5.80. The minimum absolute atomic E-state index is 0.0436. The lowest BCUT2D eigenvalue weighted by molar-refractivity contribution is -0.123. The lowest BCUT2D eigenvalue weighted by Crippen LogP contribution is -2.30. The number of ether oxygens (including phenoxy) is 2. The summed E-state index contributed by atoms with van der Waals surface area (Å²) in [6.45, 7) is 4.69. The Morgan fingerprint density at radius 3 is 2.86 bits per heavy atom. The fourth-order valence-corrected chi connectivity index (χ4v) is 2.78. The van der Waals surface area contributed by atoms with E-state index in [4.69, 9.17) is 9.47 Å². The summed E-state index contributed by atoms with van der Waals surface area (Å²) in [7, 11) is 0. The van der Waals surface area contributed by atoms with Crippen molar-refractivity contribution in [3.63, 3.8) is 0 Å². The number of para-hydroxylation sites is 1. The standard InChI is InChI=1S/C18H27NO3/c1-2-16-7-3-4-8-17(16)22-14-18(20)19-11-5-6-15-9-12-21-13-10-15/h3-4,7-8,15H,2,5-6,9-14H2,1H3,(H,19,20). The minimum atomic E-state index is -0.0436. The molecule has 0 bridgehead atoms. The Bertz CT molecular complexity index is 455. The lowest BCUT2D eigenvalue weighted by Gasteiger charge is -2.21. The number of rotatable bonds is 8. The molecule has 1 aromatic rings. The number of amides is 1. The van der Waals surface area contributed by atoms with Crippen molar-refractivity contribution >= 4 is 5.91 Å². The Morgan fingerprint density at radius 2 is 2.09 bits per heavy atom. The summed E-state index contributed by atoms with van der Waals surface area (Å²) in [5, 5.41) is 2.93. The SMILES string of the molecule is CCc1ccccc1OCC(=O)NCCCC1CCOCC1. The van der Waals surface area contributed by atoms with Crippen molar-refractivity contribution in [1.82, 2.24) is 5.32 Å². The van der Waals surface area contributed by atoms with E-state index in [1.54, 1.807) is 0 Å². The van der Waals surface area contributed by atoms with Crippen LogP contribution >= 0.6 is 0 Å². The maximum atomic E-state index is 11.8. The van der Waals surface area contributed by atoms with Crippen molar-refractivity contribution in [2.45, 2.75) is 39.0 Å². The van der Waals surface area contributed by atoms with Gasteiger partial charge in [0.2, 0.25) is 0 Å². The summed E-state index contributed by atoms with van der Waals surface area (Å²) in [4.78, 5) is 11.8. The van der Waals surface area contributed by atoms with Crippen LogP contribution in [0.1, 0.15) is 38.2 Å². The number of hydrogen-bond acceptors (Lipinski definition) is 3. The van der Waals surface area contributed by atoms with Crippen molar-refractivity contribution in [1.29, 1.82) is 0 Å². The summed E-state index contributed by atoms with van der Waals surface area (Å²) in [5.41, 5.74) is 1.13. The van der Waals surface area contributed by atoms with Gasteiger partial charge >= 0.3 is 0 Å². The van der Waals surface area contributed by atoms with E-state index in [-0.39, 0.29) is 12.5 Å². The van der Waals surface area contributed by atoms with Crippen molar-refractivity contribution in [2.24, 2.45) is 5.92 Å². The third kappa shape index (κ3) is 5.68. The van der Waals surface area contributed by atoms with Gasteiger partial charge in [-0.1, -0.05) is 25.1 Å². The van der Waals surface area contributed by atoms with E-state index in [9.17, 15) is 4.79 Å². The molecule has 2 rings (SSSR count). The highest BCUT2D eigenvalue weighted by Gasteiger charge is 2.13. The van der Waals surface area contributed by atoms with Crippen molar-refractivity contribution in [3.05, 3.63) is 29.8 Å². The average Bonchev–Trinajstić information content (AvgIpc) is 2.58. The van der Waals surface area contributed by atoms with Crippen LogP contribution in [-0.2, 0) is 16.0 Å². The van der Waals surface area contributed by atoms with Gasteiger partial charge in [0.05, 0.1) is 0 Å². The molecule has 1 fully saturated rings. The molecule has 0 radical (unpaired) electrons. The van der Waals surface area contributed by atoms with E-state index in [0.29, 0.717) is 0 Å². The molecule has 0 unspecified atom stereocenters. The van der Waals surface area contributed by atoms with Gasteiger partial charge in [-0.2, -0.15) is 0 Å². The molecule has 1 aliphatic rings. The van der Waals surface area contributed by atoms with Crippen molar-refractivity contribution in [3.8, 4) is 5.75 Å².